The molecule has 1 aliphatic rings. The molecule has 23 heavy (non-hydrogen) atoms. The summed E-state index contributed by atoms with van der Waals surface area (Å²) < 4.78 is 6.77. The number of carbonyl (C=O) groups is 2. The van der Waals surface area contributed by atoms with Crippen LogP contribution < -0.4 is 10.1 Å². The van der Waals surface area contributed by atoms with Crippen molar-refractivity contribution in [2.24, 2.45) is 0 Å². The van der Waals surface area contributed by atoms with E-state index in [9.17, 15) is 9.59 Å². The van der Waals surface area contributed by atoms with Crippen molar-refractivity contribution >= 4 is 22.7 Å². The quantitative estimate of drug-likeness (QED) is 0.945. The third kappa shape index (κ3) is 3.09. The van der Waals surface area contributed by atoms with Crippen LogP contribution in [-0.4, -0.2) is 29.5 Å². The van der Waals surface area contributed by atoms with Crippen molar-refractivity contribution in [1.82, 2.24) is 9.88 Å². The van der Waals surface area contributed by atoms with E-state index in [1.54, 1.807) is 19.4 Å². The van der Waals surface area contributed by atoms with Gasteiger partial charge in [0.25, 0.3) is 5.91 Å². The standard InChI is InChI=1S/C18H22N2O3/c1-12(21)20-11-16(15-10-14(23-2)8-9-17(15)20)18(22)19-13-6-4-3-5-7-13/h8-11,13H,3-7H2,1-2H3,(H,19,22). The largest absolute Gasteiger partial charge is 0.497 e. The van der Waals surface area contributed by atoms with Crippen molar-refractivity contribution in [3.8, 4) is 5.75 Å². The Bertz CT molecular complexity index is 742. The molecule has 5 nitrogen and oxygen atoms in total. The molecule has 1 aliphatic carbocycles. The molecule has 0 unspecified atom stereocenters. The summed E-state index contributed by atoms with van der Waals surface area (Å²) in [6.45, 7) is 1.49. The Kier molecular flexibility index (Phi) is 4.37. The minimum atomic E-state index is -0.116. The number of benzene rings is 1. The highest BCUT2D eigenvalue weighted by molar-refractivity contribution is 6.09. The number of fused-ring (bicyclic) bond motifs is 1. The minimum absolute atomic E-state index is 0.114. The van der Waals surface area contributed by atoms with E-state index in [-0.39, 0.29) is 17.9 Å². The number of ether oxygens (including phenoxy) is 1. The Morgan fingerprint density at radius 1 is 1.22 bits per heavy atom. The predicted molar refractivity (Wildman–Crippen MR) is 89.1 cm³/mol. The molecule has 1 fully saturated rings. The number of nitrogens with one attached hydrogen (secondary N) is 1. The molecule has 3 rings (SSSR count). The van der Waals surface area contributed by atoms with Crippen LogP contribution in [0.4, 0.5) is 0 Å². The first-order chi connectivity index (χ1) is 11.1. The number of aromatic nitrogens is 1. The van der Waals surface area contributed by atoms with Crippen molar-refractivity contribution in [2.45, 2.75) is 45.1 Å². The summed E-state index contributed by atoms with van der Waals surface area (Å²) in [5.74, 6) is 0.442. The van der Waals surface area contributed by atoms with Crippen molar-refractivity contribution in [2.75, 3.05) is 7.11 Å². The average Bonchev–Trinajstić information content (AvgIpc) is 2.94. The van der Waals surface area contributed by atoms with Crippen LogP contribution in [0.3, 0.4) is 0 Å². The second kappa shape index (κ2) is 6.44. The monoisotopic (exact) mass is 314 g/mol. The van der Waals surface area contributed by atoms with Gasteiger partial charge in [-0.25, -0.2) is 0 Å². The minimum Gasteiger partial charge on any atom is -0.497 e. The number of rotatable bonds is 3. The van der Waals surface area contributed by atoms with Crippen molar-refractivity contribution in [1.29, 1.82) is 0 Å². The fourth-order valence-corrected chi connectivity index (χ4v) is 3.29. The maximum absolute atomic E-state index is 12.7. The zero-order valence-electron chi connectivity index (χ0n) is 13.6. The Balaban J connectivity index is 1.97. The summed E-state index contributed by atoms with van der Waals surface area (Å²) >= 11 is 0. The van der Waals surface area contributed by atoms with Crippen LogP contribution in [0.25, 0.3) is 10.9 Å². The lowest BCUT2D eigenvalue weighted by atomic mass is 9.95. The number of carbonyl (C=O) groups excluding carboxylic acids is 2. The Morgan fingerprint density at radius 3 is 2.61 bits per heavy atom. The van der Waals surface area contributed by atoms with E-state index in [0.29, 0.717) is 11.3 Å². The zero-order valence-corrected chi connectivity index (χ0v) is 13.6. The highest BCUT2D eigenvalue weighted by Crippen LogP contribution is 2.27. The maximum atomic E-state index is 12.7. The highest BCUT2D eigenvalue weighted by Gasteiger charge is 2.21. The summed E-state index contributed by atoms with van der Waals surface area (Å²) in [6.07, 6.45) is 7.25. The second-order valence-electron chi connectivity index (χ2n) is 6.12. The molecule has 1 N–H and O–H groups in total. The van der Waals surface area contributed by atoms with E-state index in [0.717, 1.165) is 36.6 Å². The van der Waals surface area contributed by atoms with E-state index in [4.69, 9.17) is 4.74 Å². The van der Waals surface area contributed by atoms with Crippen molar-refractivity contribution in [3.63, 3.8) is 0 Å². The van der Waals surface area contributed by atoms with E-state index < -0.39 is 0 Å². The van der Waals surface area contributed by atoms with Gasteiger partial charge in [0, 0.05) is 24.5 Å². The van der Waals surface area contributed by atoms with Crippen LogP contribution in [0.2, 0.25) is 0 Å². The average molecular weight is 314 g/mol. The van der Waals surface area contributed by atoms with Gasteiger partial charge in [0.1, 0.15) is 5.75 Å². The van der Waals surface area contributed by atoms with Gasteiger partial charge in [0.15, 0.2) is 0 Å². The first-order valence-electron chi connectivity index (χ1n) is 8.11. The molecule has 0 bridgehead atoms. The molecule has 1 aromatic heterocycles. The molecule has 0 spiro atoms. The van der Waals surface area contributed by atoms with Gasteiger partial charge < -0.3 is 10.1 Å². The van der Waals surface area contributed by atoms with Crippen LogP contribution in [0.5, 0.6) is 5.75 Å². The van der Waals surface area contributed by atoms with Gasteiger partial charge in [-0.15, -0.1) is 0 Å². The highest BCUT2D eigenvalue weighted by atomic mass is 16.5. The SMILES string of the molecule is COc1ccc2c(c1)c(C(=O)NC1CCCCC1)cn2C(C)=O. The van der Waals surface area contributed by atoms with Crippen LogP contribution in [-0.2, 0) is 0 Å². The normalized spacial score (nSPS) is 15.6. The first-order valence-corrected chi connectivity index (χ1v) is 8.11. The zero-order chi connectivity index (χ0) is 16.4. The number of methoxy groups -OCH3 is 1. The summed E-state index contributed by atoms with van der Waals surface area (Å²) in [7, 11) is 1.59. The second-order valence-corrected chi connectivity index (χ2v) is 6.12. The summed E-state index contributed by atoms with van der Waals surface area (Å²) in [5, 5.41) is 3.86. The van der Waals surface area contributed by atoms with Gasteiger partial charge in [-0.2, -0.15) is 0 Å². The Hall–Kier alpha value is -2.30. The fourth-order valence-electron chi connectivity index (χ4n) is 3.29. The van der Waals surface area contributed by atoms with E-state index in [1.807, 2.05) is 12.1 Å². The molecule has 0 aliphatic heterocycles. The Morgan fingerprint density at radius 2 is 1.96 bits per heavy atom. The van der Waals surface area contributed by atoms with Gasteiger partial charge in [-0.3, -0.25) is 14.2 Å². The molecule has 1 saturated carbocycles. The lowest BCUT2D eigenvalue weighted by Crippen LogP contribution is -2.36. The topological polar surface area (TPSA) is 60.3 Å². The molecule has 0 atom stereocenters. The molecular weight excluding hydrogens is 292 g/mol. The van der Waals surface area contributed by atoms with Gasteiger partial charge in [0.2, 0.25) is 5.91 Å². The van der Waals surface area contributed by atoms with Crippen LogP contribution >= 0.6 is 0 Å². The number of nitrogens with zero attached hydrogens (tertiary/aromatic N) is 1. The molecule has 1 amide bonds. The number of hydrogen-bond donors (Lipinski definition) is 1. The molecule has 0 radical (unpaired) electrons. The third-order valence-corrected chi connectivity index (χ3v) is 4.54. The number of amides is 1. The summed E-state index contributed by atoms with van der Waals surface area (Å²) in [6, 6.07) is 5.65. The number of hydrogen-bond acceptors (Lipinski definition) is 3. The molecule has 5 heteroatoms. The van der Waals surface area contributed by atoms with Gasteiger partial charge in [0.05, 0.1) is 18.2 Å². The van der Waals surface area contributed by atoms with E-state index in [1.165, 1.54) is 17.9 Å². The molecule has 2 aromatic rings. The van der Waals surface area contributed by atoms with Gasteiger partial charge in [-0.1, -0.05) is 19.3 Å². The fraction of sp³-hybridized carbons (Fsp3) is 0.444. The summed E-state index contributed by atoms with van der Waals surface area (Å²) in [5.41, 5.74) is 1.26. The molecule has 122 valence electrons. The van der Waals surface area contributed by atoms with Crippen molar-refractivity contribution in [3.05, 3.63) is 30.0 Å². The van der Waals surface area contributed by atoms with E-state index in [2.05, 4.69) is 5.32 Å². The van der Waals surface area contributed by atoms with Crippen LogP contribution in [0.1, 0.15) is 54.2 Å². The van der Waals surface area contributed by atoms with Gasteiger partial charge in [-0.05, 0) is 31.0 Å². The predicted octanol–water partition coefficient (Wildman–Crippen LogP) is 3.37. The van der Waals surface area contributed by atoms with Crippen LogP contribution in [0.15, 0.2) is 24.4 Å². The lowest BCUT2D eigenvalue weighted by molar-refractivity contribution is 0.0929. The molecule has 0 saturated heterocycles. The molecule has 1 aromatic carbocycles. The lowest BCUT2D eigenvalue weighted by Gasteiger charge is -2.22. The van der Waals surface area contributed by atoms with Crippen molar-refractivity contribution < 1.29 is 14.3 Å². The smallest absolute Gasteiger partial charge is 0.253 e. The first kappa shape index (κ1) is 15.6. The molecular formula is C18H22N2O3. The summed E-state index contributed by atoms with van der Waals surface area (Å²) in [4.78, 5) is 24.5. The maximum Gasteiger partial charge on any atom is 0.253 e. The van der Waals surface area contributed by atoms with Crippen LogP contribution in [0, 0.1) is 0 Å². The third-order valence-electron chi connectivity index (χ3n) is 4.54. The van der Waals surface area contributed by atoms with E-state index >= 15 is 0 Å². The molecule has 1 heterocycles. The van der Waals surface area contributed by atoms with Gasteiger partial charge >= 0.3 is 0 Å². The Labute approximate surface area is 135 Å².